The van der Waals surface area contributed by atoms with Gasteiger partial charge in [0.2, 0.25) is 0 Å². The molecule has 4 aliphatic rings. The highest BCUT2D eigenvalue weighted by Gasteiger charge is 2.57. The van der Waals surface area contributed by atoms with Crippen LogP contribution in [0.15, 0.2) is 34.4 Å². The molecule has 0 spiro atoms. The fourth-order valence-electron chi connectivity index (χ4n) is 8.43. The summed E-state index contributed by atoms with van der Waals surface area (Å²) in [6.07, 6.45) is 16.1. The maximum atomic E-state index is 10.8. The number of fused-ring (bicyclic) bond motifs is 4. The zero-order valence-corrected chi connectivity index (χ0v) is 20.8. The van der Waals surface area contributed by atoms with Gasteiger partial charge < -0.3 is 5.11 Å². The smallest absolute Gasteiger partial charge is 0.0594 e. The van der Waals surface area contributed by atoms with Crippen molar-refractivity contribution < 1.29 is 5.11 Å². The molecule has 4 rings (SSSR count). The van der Waals surface area contributed by atoms with Gasteiger partial charge in [-0.15, -0.1) is 0 Å². The maximum absolute atomic E-state index is 10.8. The average Bonchev–Trinajstić information content (AvgIpc) is 3.03. The van der Waals surface area contributed by atoms with Gasteiger partial charge in [-0.05, 0) is 110 Å². The van der Waals surface area contributed by atoms with Crippen molar-refractivity contribution in [1.82, 2.24) is 0 Å². The first-order valence-electron chi connectivity index (χ1n) is 12.8. The number of hydrogen-bond donors (Lipinski definition) is 1. The molecule has 0 amide bonds. The molecule has 0 aromatic heterocycles. The third-order valence-electron chi connectivity index (χ3n) is 10.4. The van der Waals surface area contributed by atoms with Crippen LogP contribution in [0.3, 0.4) is 0 Å². The monoisotopic (exact) mass is 410 g/mol. The van der Waals surface area contributed by atoms with E-state index in [4.69, 9.17) is 0 Å². The van der Waals surface area contributed by atoms with Gasteiger partial charge in [0.25, 0.3) is 0 Å². The van der Waals surface area contributed by atoms with E-state index in [0.717, 1.165) is 18.3 Å². The highest BCUT2D eigenvalue weighted by atomic mass is 16.3. The third kappa shape index (κ3) is 3.21. The summed E-state index contributed by atoms with van der Waals surface area (Å²) in [5.41, 5.74) is 7.47. The van der Waals surface area contributed by atoms with Gasteiger partial charge in [-0.3, -0.25) is 0 Å². The Morgan fingerprint density at radius 1 is 1.10 bits per heavy atom. The van der Waals surface area contributed by atoms with Crippen molar-refractivity contribution in [3.63, 3.8) is 0 Å². The van der Waals surface area contributed by atoms with E-state index in [0.29, 0.717) is 16.7 Å². The van der Waals surface area contributed by atoms with Crippen LogP contribution in [0.25, 0.3) is 0 Å². The van der Waals surface area contributed by atoms with E-state index in [9.17, 15) is 5.11 Å². The lowest BCUT2D eigenvalue weighted by Crippen LogP contribution is -2.53. The minimum Gasteiger partial charge on any atom is -0.393 e. The average molecular weight is 411 g/mol. The summed E-state index contributed by atoms with van der Waals surface area (Å²) in [7, 11) is 0. The Kier molecular flexibility index (Phi) is 5.70. The Morgan fingerprint density at radius 3 is 2.50 bits per heavy atom. The van der Waals surface area contributed by atoms with E-state index in [1.165, 1.54) is 56.9 Å². The van der Waals surface area contributed by atoms with Crippen molar-refractivity contribution in [1.29, 1.82) is 0 Å². The zero-order chi connectivity index (χ0) is 21.9. The van der Waals surface area contributed by atoms with Gasteiger partial charge >= 0.3 is 0 Å². The van der Waals surface area contributed by atoms with E-state index in [2.05, 4.69) is 60.6 Å². The molecule has 0 aromatic carbocycles. The minimum absolute atomic E-state index is 0.0382. The topological polar surface area (TPSA) is 20.2 Å². The van der Waals surface area contributed by atoms with Crippen LogP contribution in [0.5, 0.6) is 0 Å². The second-order valence-corrected chi connectivity index (χ2v) is 12.4. The standard InChI is InChI=1S/C29H46O/c1-8-20(10-9-19(2)3)22-12-13-23-21-11-14-25-27(4,5)26(30)16-18-29(25,7)24(21)15-17-28(22,23)6/h9,13,20,22,25-26,30H,8,10-12,14-18H2,1-7H3/t20-,22-,25?,26+,28-,29-/m1/s1. The van der Waals surface area contributed by atoms with Crippen molar-refractivity contribution in [2.75, 3.05) is 0 Å². The molecule has 4 aliphatic carbocycles. The van der Waals surface area contributed by atoms with E-state index in [1.807, 2.05) is 0 Å². The lowest BCUT2D eigenvalue weighted by Gasteiger charge is -2.59. The van der Waals surface area contributed by atoms with Crippen LogP contribution < -0.4 is 0 Å². The first kappa shape index (κ1) is 22.4. The van der Waals surface area contributed by atoms with Crippen LogP contribution in [-0.2, 0) is 0 Å². The fourth-order valence-corrected chi connectivity index (χ4v) is 8.43. The van der Waals surface area contributed by atoms with Crippen molar-refractivity contribution in [2.45, 2.75) is 112 Å². The Morgan fingerprint density at radius 2 is 1.83 bits per heavy atom. The summed E-state index contributed by atoms with van der Waals surface area (Å²) in [5.74, 6) is 2.23. The summed E-state index contributed by atoms with van der Waals surface area (Å²) >= 11 is 0. The van der Waals surface area contributed by atoms with Crippen LogP contribution in [0.4, 0.5) is 0 Å². The lowest BCUT2D eigenvalue weighted by molar-refractivity contribution is -0.0905. The van der Waals surface area contributed by atoms with Crippen LogP contribution >= 0.6 is 0 Å². The number of rotatable bonds is 4. The molecule has 0 saturated heterocycles. The molecule has 1 saturated carbocycles. The largest absolute Gasteiger partial charge is 0.393 e. The number of aliphatic hydroxyl groups excluding tert-OH is 1. The predicted molar refractivity (Wildman–Crippen MR) is 128 cm³/mol. The van der Waals surface area contributed by atoms with Gasteiger partial charge in [0.1, 0.15) is 0 Å². The molecule has 6 atom stereocenters. The normalized spacial score (nSPS) is 40.8. The number of aliphatic hydroxyl groups is 1. The van der Waals surface area contributed by atoms with Gasteiger partial charge in [0.15, 0.2) is 0 Å². The van der Waals surface area contributed by atoms with Gasteiger partial charge in [-0.2, -0.15) is 0 Å². The quantitative estimate of drug-likeness (QED) is 0.465. The predicted octanol–water partition coefficient (Wildman–Crippen LogP) is 8.01. The summed E-state index contributed by atoms with van der Waals surface area (Å²) in [4.78, 5) is 0. The Bertz CT molecular complexity index is 776. The minimum atomic E-state index is -0.137. The Labute approximate surface area is 186 Å². The second kappa shape index (κ2) is 7.65. The maximum Gasteiger partial charge on any atom is 0.0594 e. The van der Waals surface area contributed by atoms with Crippen molar-refractivity contribution in [3.8, 4) is 0 Å². The molecule has 1 heteroatoms. The van der Waals surface area contributed by atoms with E-state index in [1.54, 1.807) is 16.7 Å². The molecule has 1 N–H and O–H groups in total. The van der Waals surface area contributed by atoms with E-state index < -0.39 is 0 Å². The number of hydrogen-bond acceptors (Lipinski definition) is 1. The SMILES string of the molecule is CC[C@H](CC=C(C)C)[C@H]1CC=C2C3=C(CC[C@@]21C)[C@@]1(C)CC[C@H](O)C(C)(C)C1CC3. The molecule has 1 fully saturated rings. The highest BCUT2D eigenvalue weighted by molar-refractivity contribution is 5.50. The molecule has 168 valence electrons. The molecule has 0 bridgehead atoms. The molecule has 0 aliphatic heterocycles. The first-order chi connectivity index (χ1) is 14.1. The van der Waals surface area contributed by atoms with Gasteiger partial charge in [0, 0.05) is 0 Å². The van der Waals surface area contributed by atoms with Crippen LogP contribution in [0.2, 0.25) is 0 Å². The molecule has 1 nitrogen and oxygen atoms in total. The van der Waals surface area contributed by atoms with E-state index >= 15 is 0 Å². The molecule has 30 heavy (non-hydrogen) atoms. The zero-order valence-electron chi connectivity index (χ0n) is 20.8. The Hall–Kier alpha value is -0.820. The molecular formula is C29H46O. The summed E-state index contributed by atoms with van der Waals surface area (Å²) < 4.78 is 0. The Balaban J connectivity index is 1.66. The van der Waals surface area contributed by atoms with E-state index in [-0.39, 0.29) is 11.5 Å². The van der Waals surface area contributed by atoms with Crippen molar-refractivity contribution in [2.24, 2.45) is 34.0 Å². The summed E-state index contributed by atoms with van der Waals surface area (Å²) in [6, 6.07) is 0. The second-order valence-electron chi connectivity index (χ2n) is 12.4. The highest BCUT2D eigenvalue weighted by Crippen LogP contribution is 2.66. The fraction of sp³-hybridized carbons (Fsp3) is 0.793. The molecule has 0 aromatic rings. The van der Waals surface area contributed by atoms with Gasteiger partial charge in [0.05, 0.1) is 6.10 Å². The van der Waals surface area contributed by atoms with Gasteiger partial charge in [-0.1, -0.05) is 64.3 Å². The third-order valence-corrected chi connectivity index (χ3v) is 10.4. The summed E-state index contributed by atoms with van der Waals surface area (Å²) in [5, 5.41) is 10.8. The van der Waals surface area contributed by atoms with Crippen LogP contribution in [0, 0.1) is 34.0 Å². The molecule has 0 radical (unpaired) electrons. The molecule has 1 unspecified atom stereocenters. The number of allylic oxidation sites excluding steroid dienone is 6. The summed E-state index contributed by atoms with van der Waals surface area (Å²) in [6.45, 7) is 16.7. The lowest BCUT2D eigenvalue weighted by atomic mass is 9.46. The van der Waals surface area contributed by atoms with Crippen LogP contribution in [0.1, 0.15) is 106 Å². The van der Waals surface area contributed by atoms with Crippen molar-refractivity contribution >= 4 is 0 Å². The molecular weight excluding hydrogens is 364 g/mol. The van der Waals surface area contributed by atoms with Gasteiger partial charge in [-0.25, -0.2) is 0 Å². The first-order valence-corrected chi connectivity index (χ1v) is 12.8. The van der Waals surface area contributed by atoms with Crippen LogP contribution in [-0.4, -0.2) is 11.2 Å². The molecule has 0 heterocycles. The van der Waals surface area contributed by atoms with Crippen molar-refractivity contribution in [3.05, 3.63) is 34.4 Å².